The van der Waals surface area contributed by atoms with Gasteiger partial charge in [-0.15, -0.1) is 0 Å². The molecule has 0 heterocycles. The van der Waals surface area contributed by atoms with Crippen LogP contribution in [0.1, 0.15) is 20.3 Å². The number of hydrogen-bond donors (Lipinski definition) is 0. The summed E-state index contributed by atoms with van der Waals surface area (Å²) in [4.78, 5) is 13.0. The third kappa shape index (κ3) is 3.37. The minimum atomic E-state index is -0.313. The number of hydrogen-bond acceptors (Lipinski definition) is 2. The predicted octanol–water partition coefficient (Wildman–Crippen LogP) is 0.890. The molecule has 0 aliphatic heterocycles. The van der Waals surface area contributed by atoms with E-state index in [-0.39, 0.29) is 12.0 Å². The molecule has 0 rings (SSSR count). The molecule has 0 saturated heterocycles. The zero-order valence-corrected chi connectivity index (χ0v) is 7.76. The highest BCUT2D eigenvalue weighted by atomic mass is 16.5. The number of carbonyl (C=O) groups is 1. The number of nitrogens with zero attached hydrogens (tertiary/aromatic N) is 1. The van der Waals surface area contributed by atoms with Crippen LogP contribution < -0.4 is 0 Å². The number of rotatable bonds is 4. The number of carbonyl (C=O) groups excluding carboxylic acids is 1. The van der Waals surface area contributed by atoms with E-state index >= 15 is 0 Å². The molecule has 0 aromatic heterocycles. The van der Waals surface area contributed by atoms with Crippen molar-refractivity contribution in [2.75, 3.05) is 20.7 Å². The van der Waals surface area contributed by atoms with Crippen molar-refractivity contribution < 1.29 is 9.53 Å². The maximum Gasteiger partial charge on any atom is 0.251 e. The molecule has 1 atom stereocenters. The Morgan fingerprint density at radius 2 is 2.18 bits per heavy atom. The number of amides is 1. The fraction of sp³-hybridized carbons (Fsp3) is 0.875. The molecule has 1 amide bonds. The highest BCUT2D eigenvalue weighted by Crippen LogP contribution is 1.95. The van der Waals surface area contributed by atoms with Crippen LogP contribution in [0, 0.1) is 0 Å². The van der Waals surface area contributed by atoms with Crippen molar-refractivity contribution in [1.29, 1.82) is 0 Å². The minimum Gasteiger partial charge on any atom is -0.372 e. The van der Waals surface area contributed by atoms with Crippen LogP contribution in [-0.4, -0.2) is 37.6 Å². The van der Waals surface area contributed by atoms with Gasteiger partial charge in [-0.1, -0.05) is 6.92 Å². The Labute approximate surface area is 68.3 Å². The molecule has 1 unspecified atom stereocenters. The van der Waals surface area contributed by atoms with Crippen LogP contribution in [0.3, 0.4) is 0 Å². The van der Waals surface area contributed by atoms with Gasteiger partial charge in [0.25, 0.3) is 5.91 Å². The first-order chi connectivity index (χ1) is 5.13. The Morgan fingerprint density at radius 3 is 2.55 bits per heavy atom. The Hall–Kier alpha value is -0.570. The average molecular weight is 159 g/mol. The Kier molecular flexibility index (Phi) is 4.86. The summed E-state index contributed by atoms with van der Waals surface area (Å²) in [6.07, 6.45) is 0.671. The molecular formula is C8H17NO2. The summed E-state index contributed by atoms with van der Waals surface area (Å²) in [5.41, 5.74) is 0. The standard InChI is InChI=1S/C8H17NO2/c1-5-6-9(3)8(10)7(2)11-4/h7H,5-6H2,1-4H3. The Balaban J connectivity index is 3.81. The van der Waals surface area contributed by atoms with Crippen LogP contribution in [-0.2, 0) is 9.53 Å². The first-order valence-electron chi connectivity index (χ1n) is 3.91. The molecule has 11 heavy (non-hydrogen) atoms. The molecule has 0 saturated carbocycles. The van der Waals surface area contributed by atoms with Gasteiger partial charge < -0.3 is 9.64 Å². The molecule has 0 bridgehead atoms. The highest BCUT2D eigenvalue weighted by Gasteiger charge is 2.14. The third-order valence-corrected chi connectivity index (χ3v) is 1.64. The van der Waals surface area contributed by atoms with Gasteiger partial charge in [0.05, 0.1) is 0 Å². The number of methoxy groups -OCH3 is 1. The van der Waals surface area contributed by atoms with Gasteiger partial charge in [0.1, 0.15) is 6.10 Å². The molecule has 3 heteroatoms. The van der Waals surface area contributed by atoms with Crippen molar-refractivity contribution in [2.24, 2.45) is 0 Å². The fourth-order valence-electron chi connectivity index (χ4n) is 0.857. The normalized spacial score (nSPS) is 12.7. The molecule has 0 aliphatic carbocycles. The second kappa shape index (κ2) is 5.13. The van der Waals surface area contributed by atoms with E-state index in [1.54, 1.807) is 26.0 Å². The maximum absolute atomic E-state index is 11.3. The lowest BCUT2D eigenvalue weighted by molar-refractivity contribution is -0.139. The van der Waals surface area contributed by atoms with Gasteiger partial charge in [-0.25, -0.2) is 0 Å². The smallest absolute Gasteiger partial charge is 0.251 e. The summed E-state index contributed by atoms with van der Waals surface area (Å²) in [5, 5.41) is 0. The van der Waals surface area contributed by atoms with Gasteiger partial charge in [-0.05, 0) is 13.3 Å². The van der Waals surface area contributed by atoms with Crippen molar-refractivity contribution in [3.05, 3.63) is 0 Å². The zero-order chi connectivity index (χ0) is 8.85. The molecule has 0 aromatic carbocycles. The lowest BCUT2D eigenvalue weighted by atomic mass is 10.3. The quantitative estimate of drug-likeness (QED) is 0.609. The monoisotopic (exact) mass is 159 g/mol. The van der Waals surface area contributed by atoms with Gasteiger partial charge in [-0.3, -0.25) is 4.79 Å². The number of likely N-dealkylation sites (N-methyl/N-ethyl adjacent to an activating group) is 1. The summed E-state index contributed by atoms with van der Waals surface area (Å²) >= 11 is 0. The van der Waals surface area contributed by atoms with E-state index in [0.29, 0.717) is 0 Å². The Morgan fingerprint density at radius 1 is 1.64 bits per heavy atom. The van der Waals surface area contributed by atoms with Crippen LogP contribution in [0.25, 0.3) is 0 Å². The minimum absolute atomic E-state index is 0.0503. The summed E-state index contributed by atoms with van der Waals surface area (Å²) < 4.78 is 4.89. The lowest BCUT2D eigenvalue weighted by Crippen LogP contribution is -2.36. The van der Waals surface area contributed by atoms with E-state index in [4.69, 9.17) is 4.74 Å². The molecule has 0 aliphatic rings. The van der Waals surface area contributed by atoms with E-state index in [1.807, 2.05) is 6.92 Å². The zero-order valence-electron chi connectivity index (χ0n) is 7.76. The van der Waals surface area contributed by atoms with Crippen LogP contribution in [0.2, 0.25) is 0 Å². The molecule has 3 nitrogen and oxygen atoms in total. The average Bonchev–Trinajstić information content (AvgIpc) is 2.02. The second-order valence-electron chi connectivity index (χ2n) is 2.64. The fourth-order valence-corrected chi connectivity index (χ4v) is 0.857. The number of ether oxygens (including phenoxy) is 1. The van der Waals surface area contributed by atoms with E-state index < -0.39 is 0 Å². The Bertz CT molecular complexity index is 125. The molecule has 0 aromatic rings. The van der Waals surface area contributed by atoms with Crippen molar-refractivity contribution in [2.45, 2.75) is 26.4 Å². The summed E-state index contributed by atoms with van der Waals surface area (Å²) in [5.74, 6) is 0.0503. The molecule has 0 radical (unpaired) electrons. The van der Waals surface area contributed by atoms with Gasteiger partial charge >= 0.3 is 0 Å². The van der Waals surface area contributed by atoms with E-state index in [2.05, 4.69) is 0 Å². The van der Waals surface area contributed by atoms with Crippen LogP contribution >= 0.6 is 0 Å². The predicted molar refractivity (Wildman–Crippen MR) is 44.4 cm³/mol. The molecule has 0 fully saturated rings. The van der Waals surface area contributed by atoms with E-state index in [1.165, 1.54) is 0 Å². The van der Waals surface area contributed by atoms with Crippen LogP contribution in [0.15, 0.2) is 0 Å². The topological polar surface area (TPSA) is 29.5 Å². The first-order valence-corrected chi connectivity index (χ1v) is 3.91. The molecule has 0 spiro atoms. The molecule has 66 valence electrons. The van der Waals surface area contributed by atoms with Crippen molar-refractivity contribution in [1.82, 2.24) is 4.90 Å². The van der Waals surface area contributed by atoms with Crippen molar-refractivity contribution in [3.8, 4) is 0 Å². The summed E-state index contributed by atoms with van der Waals surface area (Å²) in [6, 6.07) is 0. The maximum atomic E-state index is 11.3. The SMILES string of the molecule is CCCN(C)C(=O)C(C)OC. The first kappa shape index (κ1) is 10.4. The highest BCUT2D eigenvalue weighted by molar-refractivity contribution is 5.80. The van der Waals surface area contributed by atoms with Crippen LogP contribution in [0.5, 0.6) is 0 Å². The largest absolute Gasteiger partial charge is 0.372 e. The van der Waals surface area contributed by atoms with Crippen LogP contribution in [0.4, 0.5) is 0 Å². The summed E-state index contributed by atoms with van der Waals surface area (Å²) in [6.45, 7) is 4.60. The van der Waals surface area contributed by atoms with E-state index in [0.717, 1.165) is 13.0 Å². The molecular weight excluding hydrogens is 142 g/mol. The summed E-state index contributed by atoms with van der Waals surface area (Å²) in [7, 11) is 3.34. The van der Waals surface area contributed by atoms with Gasteiger partial charge in [0.15, 0.2) is 0 Å². The molecule has 0 N–H and O–H groups in total. The second-order valence-corrected chi connectivity index (χ2v) is 2.64. The van der Waals surface area contributed by atoms with Crippen molar-refractivity contribution >= 4 is 5.91 Å². The van der Waals surface area contributed by atoms with Gasteiger partial charge in [-0.2, -0.15) is 0 Å². The lowest BCUT2D eigenvalue weighted by Gasteiger charge is -2.19. The van der Waals surface area contributed by atoms with Gasteiger partial charge in [0, 0.05) is 20.7 Å². The van der Waals surface area contributed by atoms with Gasteiger partial charge in [0.2, 0.25) is 0 Å². The third-order valence-electron chi connectivity index (χ3n) is 1.64. The van der Waals surface area contributed by atoms with E-state index in [9.17, 15) is 4.79 Å². The van der Waals surface area contributed by atoms with Crippen molar-refractivity contribution in [3.63, 3.8) is 0 Å².